The number of nitrogens with zero attached hydrogens (tertiary/aromatic N) is 1. The number of rotatable bonds is 5. The maximum Gasteiger partial charge on any atom is 0.253 e. The number of nitrogens with one attached hydrogen (secondary N) is 2. The molecule has 148 valence electrons. The lowest BCUT2D eigenvalue weighted by atomic mass is 10.1. The summed E-state index contributed by atoms with van der Waals surface area (Å²) in [5.74, 6) is -0.598. The Morgan fingerprint density at radius 3 is 2.31 bits per heavy atom. The minimum atomic E-state index is -0.326. The van der Waals surface area contributed by atoms with Crippen LogP contribution in [0.1, 0.15) is 27.2 Å². The Morgan fingerprint density at radius 2 is 1.66 bits per heavy atom. The number of pyridine rings is 1. The first kappa shape index (κ1) is 20.7. The molecule has 0 aliphatic carbocycles. The number of aromatic nitrogens is 1. The third kappa shape index (κ3) is 5.09. The maximum absolute atomic E-state index is 12.5. The number of para-hydroxylation sites is 1. The molecule has 2 N–H and O–H groups in total. The van der Waals surface area contributed by atoms with E-state index < -0.39 is 0 Å². The molecular weight excluding hydrogens is 430 g/mol. The molecule has 0 radical (unpaired) electrons. The van der Waals surface area contributed by atoms with E-state index >= 15 is 0 Å². The summed E-state index contributed by atoms with van der Waals surface area (Å²) in [6.45, 7) is 5.54. The standard InChI is InChI=1S/C23H22BrN3O2/c1-14-6-4-7-15(2)22(14)27-21(28)13-25-23(29)19-10-11-20(26-16(19)3)17-8-5-9-18(24)12-17/h4-12H,13H2,1-3H3,(H,25,29)(H,27,28). The number of hydrogen-bond donors (Lipinski definition) is 2. The largest absolute Gasteiger partial charge is 0.343 e. The minimum absolute atomic E-state index is 0.112. The van der Waals surface area contributed by atoms with Gasteiger partial charge in [0.25, 0.3) is 5.91 Å². The van der Waals surface area contributed by atoms with Gasteiger partial charge in [-0.05, 0) is 56.2 Å². The first-order valence-electron chi connectivity index (χ1n) is 9.23. The fraction of sp³-hybridized carbons (Fsp3) is 0.174. The maximum atomic E-state index is 12.5. The molecule has 2 amide bonds. The highest BCUT2D eigenvalue weighted by atomic mass is 79.9. The van der Waals surface area contributed by atoms with Crippen LogP contribution in [-0.4, -0.2) is 23.3 Å². The zero-order valence-corrected chi connectivity index (χ0v) is 18.1. The molecule has 0 fully saturated rings. The number of amides is 2. The molecule has 0 saturated carbocycles. The number of carbonyl (C=O) groups is 2. The van der Waals surface area contributed by atoms with Crippen molar-refractivity contribution in [3.8, 4) is 11.3 Å². The van der Waals surface area contributed by atoms with Gasteiger partial charge in [-0.15, -0.1) is 0 Å². The molecule has 2 aromatic carbocycles. The highest BCUT2D eigenvalue weighted by Gasteiger charge is 2.14. The average Bonchev–Trinajstić information content (AvgIpc) is 2.69. The van der Waals surface area contributed by atoms with E-state index in [1.165, 1.54) is 0 Å². The normalized spacial score (nSPS) is 10.5. The zero-order valence-electron chi connectivity index (χ0n) is 16.5. The summed E-state index contributed by atoms with van der Waals surface area (Å²) in [4.78, 5) is 29.3. The molecule has 3 rings (SSSR count). The van der Waals surface area contributed by atoms with E-state index in [9.17, 15) is 9.59 Å². The van der Waals surface area contributed by atoms with E-state index in [0.717, 1.165) is 32.5 Å². The number of benzene rings is 2. The number of hydrogen-bond acceptors (Lipinski definition) is 3. The van der Waals surface area contributed by atoms with Gasteiger partial charge in [0, 0.05) is 15.7 Å². The van der Waals surface area contributed by atoms with Crippen molar-refractivity contribution in [1.82, 2.24) is 10.3 Å². The van der Waals surface area contributed by atoms with E-state index in [1.54, 1.807) is 19.1 Å². The summed E-state index contributed by atoms with van der Waals surface area (Å²) < 4.78 is 0.964. The third-order valence-corrected chi connectivity index (χ3v) is 5.10. The molecule has 0 aliphatic rings. The van der Waals surface area contributed by atoms with Gasteiger partial charge < -0.3 is 10.6 Å². The smallest absolute Gasteiger partial charge is 0.253 e. The van der Waals surface area contributed by atoms with E-state index in [0.29, 0.717) is 11.3 Å². The molecule has 1 aromatic heterocycles. The van der Waals surface area contributed by atoms with Crippen LogP contribution in [0.5, 0.6) is 0 Å². The van der Waals surface area contributed by atoms with Crippen LogP contribution in [0, 0.1) is 20.8 Å². The summed E-state index contributed by atoms with van der Waals surface area (Å²) in [5.41, 5.74) is 5.54. The van der Waals surface area contributed by atoms with Crippen molar-refractivity contribution in [3.63, 3.8) is 0 Å². The van der Waals surface area contributed by atoms with Gasteiger partial charge in [0.1, 0.15) is 0 Å². The summed E-state index contributed by atoms with van der Waals surface area (Å²) in [7, 11) is 0. The first-order valence-corrected chi connectivity index (χ1v) is 10.0. The Morgan fingerprint density at radius 1 is 0.966 bits per heavy atom. The van der Waals surface area contributed by atoms with Gasteiger partial charge in [-0.2, -0.15) is 0 Å². The Kier molecular flexibility index (Phi) is 6.44. The van der Waals surface area contributed by atoms with Crippen LogP contribution in [0.15, 0.2) is 59.1 Å². The van der Waals surface area contributed by atoms with Gasteiger partial charge in [0.15, 0.2) is 0 Å². The summed E-state index contributed by atoms with van der Waals surface area (Å²) >= 11 is 3.45. The van der Waals surface area contributed by atoms with Crippen molar-refractivity contribution in [2.45, 2.75) is 20.8 Å². The van der Waals surface area contributed by atoms with Gasteiger partial charge in [-0.1, -0.05) is 46.3 Å². The van der Waals surface area contributed by atoms with Crippen LogP contribution < -0.4 is 10.6 Å². The monoisotopic (exact) mass is 451 g/mol. The van der Waals surface area contributed by atoms with Gasteiger partial charge in [-0.3, -0.25) is 14.6 Å². The molecule has 6 heteroatoms. The van der Waals surface area contributed by atoms with E-state index in [-0.39, 0.29) is 18.4 Å². The molecule has 0 saturated heterocycles. The van der Waals surface area contributed by atoms with Crippen LogP contribution in [0.2, 0.25) is 0 Å². The van der Waals surface area contributed by atoms with Crippen molar-refractivity contribution < 1.29 is 9.59 Å². The van der Waals surface area contributed by atoms with Gasteiger partial charge in [0.2, 0.25) is 5.91 Å². The average molecular weight is 452 g/mol. The lowest BCUT2D eigenvalue weighted by molar-refractivity contribution is -0.115. The molecule has 3 aromatic rings. The van der Waals surface area contributed by atoms with Gasteiger partial charge in [-0.25, -0.2) is 0 Å². The molecule has 0 atom stereocenters. The molecule has 0 spiro atoms. The fourth-order valence-corrected chi connectivity index (χ4v) is 3.46. The number of halogens is 1. The molecule has 0 unspecified atom stereocenters. The predicted octanol–water partition coefficient (Wildman–Crippen LogP) is 4.80. The summed E-state index contributed by atoms with van der Waals surface area (Å²) in [6, 6.07) is 17.2. The fourth-order valence-electron chi connectivity index (χ4n) is 3.06. The van der Waals surface area contributed by atoms with Crippen LogP contribution in [0.25, 0.3) is 11.3 Å². The molecule has 29 heavy (non-hydrogen) atoms. The topological polar surface area (TPSA) is 71.1 Å². The van der Waals surface area contributed by atoms with Crippen molar-refractivity contribution in [3.05, 3.63) is 81.5 Å². The van der Waals surface area contributed by atoms with Crippen molar-refractivity contribution in [2.24, 2.45) is 0 Å². The molecule has 5 nitrogen and oxygen atoms in total. The van der Waals surface area contributed by atoms with E-state index in [1.807, 2.05) is 56.3 Å². The van der Waals surface area contributed by atoms with Crippen LogP contribution >= 0.6 is 15.9 Å². The second-order valence-electron chi connectivity index (χ2n) is 6.84. The van der Waals surface area contributed by atoms with Crippen LogP contribution in [-0.2, 0) is 4.79 Å². The molecule has 1 heterocycles. The predicted molar refractivity (Wildman–Crippen MR) is 119 cm³/mol. The summed E-state index contributed by atoms with van der Waals surface area (Å²) in [6.07, 6.45) is 0. The Labute approximate surface area is 178 Å². The second kappa shape index (κ2) is 9.01. The quantitative estimate of drug-likeness (QED) is 0.584. The van der Waals surface area contributed by atoms with Crippen molar-refractivity contribution >= 4 is 33.4 Å². The van der Waals surface area contributed by atoms with E-state index in [2.05, 4.69) is 31.5 Å². The Hall–Kier alpha value is -2.99. The van der Waals surface area contributed by atoms with Gasteiger partial charge in [0.05, 0.1) is 23.5 Å². The molecular formula is C23H22BrN3O2. The number of anilines is 1. The van der Waals surface area contributed by atoms with Gasteiger partial charge >= 0.3 is 0 Å². The van der Waals surface area contributed by atoms with E-state index in [4.69, 9.17) is 0 Å². The third-order valence-electron chi connectivity index (χ3n) is 4.61. The highest BCUT2D eigenvalue weighted by molar-refractivity contribution is 9.10. The number of aryl methyl sites for hydroxylation is 3. The highest BCUT2D eigenvalue weighted by Crippen LogP contribution is 2.22. The minimum Gasteiger partial charge on any atom is -0.343 e. The SMILES string of the molecule is Cc1cccc(C)c1NC(=O)CNC(=O)c1ccc(-c2cccc(Br)c2)nc1C. The van der Waals surface area contributed by atoms with Crippen molar-refractivity contribution in [2.75, 3.05) is 11.9 Å². The lowest BCUT2D eigenvalue weighted by Gasteiger charge is -2.12. The van der Waals surface area contributed by atoms with Crippen LogP contribution in [0.3, 0.4) is 0 Å². The van der Waals surface area contributed by atoms with Crippen LogP contribution in [0.4, 0.5) is 5.69 Å². The molecule has 0 bridgehead atoms. The zero-order chi connectivity index (χ0) is 21.0. The van der Waals surface area contributed by atoms with Crippen molar-refractivity contribution in [1.29, 1.82) is 0 Å². The Balaban J connectivity index is 1.65. The lowest BCUT2D eigenvalue weighted by Crippen LogP contribution is -2.33. The molecule has 0 aliphatic heterocycles. The second-order valence-corrected chi connectivity index (χ2v) is 7.75. The first-order chi connectivity index (χ1) is 13.8. The summed E-state index contributed by atoms with van der Waals surface area (Å²) in [5, 5.41) is 5.53. The number of carbonyl (C=O) groups excluding carboxylic acids is 2. The Bertz CT molecular complexity index is 1060.